The summed E-state index contributed by atoms with van der Waals surface area (Å²) in [5, 5.41) is 6.60. The zero-order valence-electron chi connectivity index (χ0n) is 13.3. The standard InChI is InChI=1S/C17H21ClN2O4/c18-11-1-7-14(8-2-11)23-10-16(21)19-12-3-5-13(6-4-12)20-17(22)15-9-24-15/h1-2,7-8,12-13,15H,3-6,9-10H2,(H,19,21)(H,20,22)/t12-,13-,15?. The minimum Gasteiger partial charge on any atom is -0.484 e. The molecule has 2 N–H and O–H groups in total. The number of amides is 2. The number of epoxide rings is 1. The molecule has 1 saturated heterocycles. The highest BCUT2D eigenvalue weighted by Crippen LogP contribution is 2.20. The lowest BCUT2D eigenvalue weighted by Gasteiger charge is -2.29. The summed E-state index contributed by atoms with van der Waals surface area (Å²) in [5.74, 6) is 0.464. The van der Waals surface area contributed by atoms with Crippen molar-refractivity contribution in [2.24, 2.45) is 0 Å². The van der Waals surface area contributed by atoms with Crippen molar-refractivity contribution < 1.29 is 19.1 Å². The summed E-state index contributed by atoms with van der Waals surface area (Å²) < 4.78 is 10.4. The molecular formula is C17H21ClN2O4. The van der Waals surface area contributed by atoms with Gasteiger partial charge in [-0.25, -0.2) is 0 Å². The van der Waals surface area contributed by atoms with E-state index < -0.39 is 0 Å². The van der Waals surface area contributed by atoms with E-state index in [0.717, 1.165) is 25.7 Å². The third-order valence-electron chi connectivity index (χ3n) is 4.25. The van der Waals surface area contributed by atoms with Crippen molar-refractivity contribution in [3.05, 3.63) is 29.3 Å². The summed E-state index contributed by atoms with van der Waals surface area (Å²) in [4.78, 5) is 23.6. The zero-order chi connectivity index (χ0) is 16.9. The van der Waals surface area contributed by atoms with Gasteiger partial charge in [0.2, 0.25) is 0 Å². The van der Waals surface area contributed by atoms with Crippen LogP contribution in [0, 0.1) is 0 Å². The molecule has 1 aromatic rings. The fraction of sp³-hybridized carbons (Fsp3) is 0.529. The maximum Gasteiger partial charge on any atom is 0.258 e. The fourth-order valence-electron chi connectivity index (χ4n) is 2.82. The van der Waals surface area contributed by atoms with Crippen LogP contribution in [-0.2, 0) is 14.3 Å². The Morgan fingerprint density at radius 3 is 2.25 bits per heavy atom. The molecule has 1 saturated carbocycles. The van der Waals surface area contributed by atoms with Gasteiger partial charge in [0.15, 0.2) is 12.7 Å². The molecule has 3 rings (SSSR count). The topological polar surface area (TPSA) is 80.0 Å². The first-order valence-electron chi connectivity index (χ1n) is 8.20. The maximum atomic E-state index is 12.0. The quantitative estimate of drug-likeness (QED) is 0.763. The third kappa shape index (κ3) is 5.11. The first-order chi connectivity index (χ1) is 11.6. The van der Waals surface area contributed by atoms with Crippen LogP contribution in [0.1, 0.15) is 25.7 Å². The molecule has 1 unspecified atom stereocenters. The summed E-state index contributed by atoms with van der Waals surface area (Å²) in [6, 6.07) is 7.21. The van der Waals surface area contributed by atoms with E-state index in [0.29, 0.717) is 17.4 Å². The third-order valence-corrected chi connectivity index (χ3v) is 4.50. The van der Waals surface area contributed by atoms with Crippen LogP contribution in [0.2, 0.25) is 5.02 Å². The number of hydrogen-bond acceptors (Lipinski definition) is 4. The van der Waals surface area contributed by atoms with Crippen molar-refractivity contribution in [2.45, 2.75) is 43.9 Å². The Labute approximate surface area is 145 Å². The van der Waals surface area contributed by atoms with Crippen molar-refractivity contribution in [2.75, 3.05) is 13.2 Å². The van der Waals surface area contributed by atoms with Gasteiger partial charge in [0.1, 0.15) is 5.75 Å². The SMILES string of the molecule is O=C(COc1ccc(Cl)cc1)N[C@H]1CC[C@H](NC(=O)C2CO2)CC1. The normalized spacial score (nSPS) is 25.6. The smallest absolute Gasteiger partial charge is 0.258 e. The monoisotopic (exact) mass is 352 g/mol. The molecule has 1 aromatic carbocycles. The van der Waals surface area contributed by atoms with E-state index in [1.165, 1.54) is 0 Å². The molecule has 1 atom stereocenters. The van der Waals surface area contributed by atoms with Crippen molar-refractivity contribution in [3.8, 4) is 5.75 Å². The lowest BCUT2D eigenvalue weighted by atomic mass is 9.91. The highest BCUT2D eigenvalue weighted by atomic mass is 35.5. The number of benzene rings is 1. The van der Waals surface area contributed by atoms with Crippen LogP contribution in [0.3, 0.4) is 0 Å². The number of carbonyl (C=O) groups excluding carboxylic acids is 2. The number of hydrogen-bond donors (Lipinski definition) is 2. The van der Waals surface area contributed by atoms with Gasteiger partial charge in [0.25, 0.3) is 11.8 Å². The summed E-state index contributed by atoms with van der Waals surface area (Å²) in [6.07, 6.45) is 3.18. The lowest BCUT2D eigenvalue weighted by molar-refractivity contribution is -0.125. The predicted octanol–water partition coefficient (Wildman–Crippen LogP) is 1.66. The second-order valence-electron chi connectivity index (χ2n) is 6.19. The van der Waals surface area contributed by atoms with Crippen LogP contribution in [0.4, 0.5) is 0 Å². The van der Waals surface area contributed by atoms with E-state index in [1.807, 2.05) is 0 Å². The van der Waals surface area contributed by atoms with Crippen LogP contribution in [0.15, 0.2) is 24.3 Å². The molecule has 0 radical (unpaired) electrons. The first-order valence-corrected chi connectivity index (χ1v) is 8.57. The van der Waals surface area contributed by atoms with E-state index in [9.17, 15) is 9.59 Å². The van der Waals surface area contributed by atoms with Gasteiger partial charge in [-0.1, -0.05) is 11.6 Å². The van der Waals surface area contributed by atoms with Gasteiger partial charge in [-0.05, 0) is 49.9 Å². The molecule has 2 amide bonds. The molecule has 1 aliphatic heterocycles. The van der Waals surface area contributed by atoms with Gasteiger partial charge in [-0.2, -0.15) is 0 Å². The summed E-state index contributed by atoms with van der Waals surface area (Å²) in [7, 11) is 0. The minimum absolute atomic E-state index is 0.0150. The average molecular weight is 353 g/mol. The van der Waals surface area contributed by atoms with Crippen molar-refractivity contribution in [3.63, 3.8) is 0 Å². The Morgan fingerprint density at radius 1 is 1.08 bits per heavy atom. The molecule has 0 bridgehead atoms. The van der Waals surface area contributed by atoms with Crippen LogP contribution >= 0.6 is 11.6 Å². The van der Waals surface area contributed by atoms with Crippen LogP contribution in [-0.4, -0.2) is 43.2 Å². The summed E-state index contributed by atoms with van der Waals surface area (Å²) in [5.41, 5.74) is 0. The van der Waals surface area contributed by atoms with E-state index >= 15 is 0 Å². The highest BCUT2D eigenvalue weighted by molar-refractivity contribution is 6.30. The Bertz CT molecular complexity index is 581. The van der Waals surface area contributed by atoms with Gasteiger partial charge >= 0.3 is 0 Å². The summed E-state index contributed by atoms with van der Waals surface area (Å²) >= 11 is 5.80. The van der Waals surface area contributed by atoms with E-state index in [1.54, 1.807) is 24.3 Å². The van der Waals surface area contributed by atoms with E-state index in [-0.39, 0.29) is 36.6 Å². The fourth-order valence-corrected chi connectivity index (χ4v) is 2.95. The molecule has 6 nitrogen and oxygen atoms in total. The predicted molar refractivity (Wildman–Crippen MR) is 89.0 cm³/mol. The van der Waals surface area contributed by atoms with Gasteiger partial charge in [-0.15, -0.1) is 0 Å². The van der Waals surface area contributed by atoms with E-state index in [4.69, 9.17) is 21.1 Å². The largest absolute Gasteiger partial charge is 0.484 e. The molecule has 1 heterocycles. The Kier molecular flexibility index (Phi) is 5.58. The molecule has 0 spiro atoms. The van der Waals surface area contributed by atoms with Gasteiger partial charge in [0, 0.05) is 17.1 Å². The van der Waals surface area contributed by atoms with Gasteiger partial charge < -0.3 is 20.1 Å². The van der Waals surface area contributed by atoms with Gasteiger partial charge in [0.05, 0.1) is 6.61 Å². The highest BCUT2D eigenvalue weighted by Gasteiger charge is 2.33. The second-order valence-corrected chi connectivity index (χ2v) is 6.63. The number of carbonyl (C=O) groups is 2. The molecule has 0 aromatic heterocycles. The number of ether oxygens (including phenoxy) is 2. The Hall–Kier alpha value is -1.79. The average Bonchev–Trinajstić information content (AvgIpc) is 3.41. The van der Waals surface area contributed by atoms with Crippen LogP contribution in [0.25, 0.3) is 0 Å². The van der Waals surface area contributed by atoms with Crippen molar-refractivity contribution in [1.29, 1.82) is 0 Å². The molecule has 1 aliphatic carbocycles. The van der Waals surface area contributed by atoms with Crippen LogP contribution < -0.4 is 15.4 Å². The van der Waals surface area contributed by atoms with Crippen LogP contribution in [0.5, 0.6) is 5.75 Å². The molecular weight excluding hydrogens is 332 g/mol. The first kappa shape index (κ1) is 17.0. The number of nitrogens with one attached hydrogen (secondary N) is 2. The lowest BCUT2D eigenvalue weighted by Crippen LogP contribution is -2.45. The molecule has 2 aliphatic rings. The summed E-state index contributed by atoms with van der Waals surface area (Å²) in [6.45, 7) is 0.516. The molecule has 130 valence electrons. The second kappa shape index (κ2) is 7.85. The van der Waals surface area contributed by atoms with Crippen molar-refractivity contribution >= 4 is 23.4 Å². The zero-order valence-corrected chi connectivity index (χ0v) is 14.1. The maximum absolute atomic E-state index is 12.0. The number of rotatable bonds is 6. The molecule has 2 fully saturated rings. The van der Waals surface area contributed by atoms with Gasteiger partial charge in [-0.3, -0.25) is 9.59 Å². The molecule has 24 heavy (non-hydrogen) atoms. The van der Waals surface area contributed by atoms with E-state index in [2.05, 4.69) is 10.6 Å². The Balaban J connectivity index is 1.33. The van der Waals surface area contributed by atoms with Crippen molar-refractivity contribution in [1.82, 2.24) is 10.6 Å². The molecule has 7 heteroatoms. The number of halogens is 1. The minimum atomic E-state index is -0.243. The Morgan fingerprint density at radius 2 is 1.67 bits per heavy atom.